The Balaban J connectivity index is 1.90. The first kappa shape index (κ1) is 21.0. The molecule has 0 amide bonds. The van der Waals surface area contributed by atoms with E-state index in [1.807, 2.05) is 25.1 Å². The molecule has 0 spiro atoms. The Morgan fingerprint density at radius 3 is 2.65 bits per heavy atom. The number of β-amino-alcohol motifs (C(OH)–C–C–N with tert-alkyl or cyclic N) is 1. The van der Waals surface area contributed by atoms with E-state index < -0.39 is 6.29 Å². The first-order valence-electron chi connectivity index (χ1n) is 9.47. The number of aliphatic hydroxyl groups is 1. The van der Waals surface area contributed by atoms with Gasteiger partial charge in [-0.25, -0.2) is 0 Å². The summed E-state index contributed by atoms with van der Waals surface area (Å²) in [4.78, 5) is 2.23. The molecule has 0 bridgehead atoms. The van der Waals surface area contributed by atoms with Crippen LogP contribution in [0.1, 0.15) is 33.3 Å². The van der Waals surface area contributed by atoms with Crippen molar-refractivity contribution in [3.63, 3.8) is 0 Å². The topological polar surface area (TPSA) is 77.2 Å². The van der Waals surface area contributed by atoms with Crippen LogP contribution in [0.4, 0.5) is 11.4 Å². The molecule has 6 nitrogen and oxygen atoms in total. The minimum atomic E-state index is -0.875. The first-order valence-corrected chi connectivity index (χ1v) is 9.47. The Hall–Kier alpha value is -1.34. The molecule has 0 fully saturated rings. The van der Waals surface area contributed by atoms with Crippen LogP contribution in [0.2, 0.25) is 0 Å². The van der Waals surface area contributed by atoms with Crippen molar-refractivity contribution in [3.05, 3.63) is 23.8 Å². The van der Waals surface area contributed by atoms with Gasteiger partial charge in [0.15, 0.2) is 6.29 Å². The van der Waals surface area contributed by atoms with Gasteiger partial charge >= 0.3 is 0 Å². The lowest BCUT2D eigenvalue weighted by atomic mass is 9.78. The SMILES string of the molecule is CCOCCOCCOC(O)CN1c2ccc(N)cc2CC(C)C1(C)C. The molecule has 0 radical (unpaired) electrons. The molecule has 148 valence electrons. The molecule has 26 heavy (non-hydrogen) atoms. The molecule has 0 saturated carbocycles. The van der Waals surface area contributed by atoms with Crippen LogP contribution in [0.3, 0.4) is 0 Å². The number of rotatable bonds is 10. The maximum atomic E-state index is 10.4. The van der Waals surface area contributed by atoms with Gasteiger partial charge in [-0.2, -0.15) is 0 Å². The lowest BCUT2D eigenvalue weighted by Gasteiger charge is -2.49. The zero-order chi connectivity index (χ0) is 19.2. The fourth-order valence-electron chi connectivity index (χ4n) is 3.34. The minimum Gasteiger partial charge on any atom is -0.399 e. The summed E-state index contributed by atoms with van der Waals surface area (Å²) in [5.74, 6) is 0.436. The molecule has 0 aromatic heterocycles. The standard InChI is InChI=1S/C20H34N2O4/c1-5-24-8-9-25-10-11-26-19(23)14-22-18-7-6-17(21)13-16(18)12-15(2)20(22,3)4/h6-7,13,15,19,23H,5,8-12,14,21H2,1-4H3. The third kappa shape index (κ3) is 5.33. The van der Waals surface area contributed by atoms with E-state index in [2.05, 4.69) is 25.7 Å². The number of benzene rings is 1. The van der Waals surface area contributed by atoms with Crippen molar-refractivity contribution in [2.24, 2.45) is 5.92 Å². The third-order valence-corrected chi connectivity index (χ3v) is 5.27. The van der Waals surface area contributed by atoms with Gasteiger partial charge < -0.3 is 30.0 Å². The molecule has 2 unspecified atom stereocenters. The zero-order valence-electron chi connectivity index (χ0n) is 16.5. The second-order valence-electron chi connectivity index (χ2n) is 7.39. The highest BCUT2D eigenvalue weighted by Gasteiger charge is 2.39. The summed E-state index contributed by atoms with van der Waals surface area (Å²) in [5.41, 5.74) is 8.99. The first-order chi connectivity index (χ1) is 12.4. The summed E-state index contributed by atoms with van der Waals surface area (Å²) in [6.07, 6.45) is 0.106. The smallest absolute Gasteiger partial charge is 0.172 e. The van der Waals surface area contributed by atoms with E-state index in [0.717, 1.165) is 17.8 Å². The summed E-state index contributed by atoms with van der Waals surface area (Å²) in [5, 5.41) is 10.4. The summed E-state index contributed by atoms with van der Waals surface area (Å²) in [7, 11) is 0. The number of fused-ring (bicyclic) bond motifs is 1. The average Bonchev–Trinajstić information content (AvgIpc) is 2.58. The number of ether oxygens (including phenoxy) is 3. The second-order valence-corrected chi connectivity index (χ2v) is 7.39. The van der Waals surface area contributed by atoms with Crippen molar-refractivity contribution in [1.29, 1.82) is 0 Å². The van der Waals surface area contributed by atoms with Crippen LogP contribution >= 0.6 is 0 Å². The fourth-order valence-corrected chi connectivity index (χ4v) is 3.34. The molecule has 3 N–H and O–H groups in total. The van der Waals surface area contributed by atoms with Gasteiger partial charge in [-0.15, -0.1) is 0 Å². The number of nitrogen functional groups attached to an aromatic ring is 1. The van der Waals surface area contributed by atoms with Crippen molar-refractivity contribution < 1.29 is 19.3 Å². The molecule has 1 aliphatic heterocycles. The third-order valence-electron chi connectivity index (χ3n) is 5.27. The number of hydrogen-bond acceptors (Lipinski definition) is 6. The Kier molecular flexibility index (Phi) is 7.70. The van der Waals surface area contributed by atoms with Crippen molar-refractivity contribution in [1.82, 2.24) is 0 Å². The van der Waals surface area contributed by atoms with Gasteiger partial charge in [0.2, 0.25) is 0 Å². The van der Waals surface area contributed by atoms with E-state index in [9.17, 15) is 5.11 Å². The van der Waals surface area contributed by atoms with Gasteiger partial charge in [0.1, 0.15) is 0 Å². The molecule has 1 aromatic carbocycles. The van der Waals surface area contributed by atoms with E-state index >= 15 is 0 Å². The van der Waals surface area contributed by atoms with Crippen molar-refractivity contribution >= 4 is 11.4 Å². The lowest BCUT2D eigenvalue weighted by molar-refractivity contribution is -0.109. The second kappa shape index (κ2) is 9.55. The average molecular weight is 367 g/mol. The van der Waals surface area contributed by atoms with Crippen LogP contribution in [0.15, 0.2) is 18.2 Å². The number of nitrogens with two attached hydrogens (primary N) is 1. The molecule has 6 heteroatoms. The maximum Gasteiger partial charge on any atom is 0.172 e. The van der Waals surface area contributed by atoms with E-state index in [-0.39, 0.29) is 5.54 Å². The Morgan fingerprint density at radius 2 is 1.92 bits per heavy atom. The van der Waals surface area contributed by atoms with Crippen LogP contribution in [0, 0.1) is 5.92 Å². The largest absolute Gasteiger partial charge is 0.399 e. The predicted molar refractivity (Wildman–Crippen MR) is 104 cm³/mol. The highest BCUT2D eigenvalue weighted by Crippen LogP contribution is 2.40. The van der Waals surface area contributed by atoms with Gasteiger partial charge in [0.05, 0.1) is 33.0 Å². The highest BCUT2D eigenvalue weighted by molar-refractivity contribution is 5.63. The molecule has 2 rings (SSSR count). The number of aliphatic hydroxyl groups excluding tert-OH is 1. The van der Waals surface area contributed by atoms with Gasteiger partial charge in [-0.3, -0.25) is 0 Å². The van der Waals surface area contributed by atoms with Crippen LogP contribution < -0.4 is 10.6 Å². The van der Waals surface area contributed by atoms with Gasteiger partial charge in [0.25, 0.3) is 0 Å². The van der Waals surface area contributed by atoms with Crippen LogP contribution in [0.25, 0.3) is 0 Å². The van der Waals surface area contributed by atoms with Crippen LogP contribution in [0.5, 0.6) is 0 Å². The molecule has 1 aromatic rings. The molecular formula is C20H34N2O4. The summed E-state index contributed by atoms with van der Waals surface area (Å²) in [6, 6.07) is 5.99. The van der Waals surface area contributed by atoms with E-state index in [4.69, 9.17) is 19.9 Å². The van der Waals surface area contributed by atoms with Crippen molar-refractivity contribution in [2.75, 3.05) is 50.2 Å². The highest BCUT2D eigenvalue weighted by atomic mass is 16.6. The molecular weight excluding hydrogens is 332 g/mol. The fraction of sp³-hybridized carbons (Fsp3) is 0.700. The molecule has 0 aliphatic carbocycles. The normalized spacial score (nSPS) is 20.0. The molecule has 0 saturated heterocycles. The summed E-state index contributed by atoms with van der Waals surface area (Å²) >= 11 is 0. The van der Waals surface area contributed by atoms with Gasteiger partial charge in [-0.05, 0) is 56.9 Å². The number of anilines is 2. The Bertz CT molecular complexity index is 565. The Morgan fingerprint density at radius 1 is 1.23 bits per heavy atom. The van der Waals surface area contributed by atoms with Gasteiger partial charge in [0, 0.05) is 23.5 Å². The summed E-state index contributed by atoms with van der Waals surface area (Å²) in [6.45, 7) is 11.6. The quantitative estimate of drug-likeness (QED) is 0.376. The number of nitrogens with zero attached hydrogens (tertiary/aromatic N) is 1. The zero-order valence-corrected chi connectivity index (χ0v) is 16.5. The van der Waals surface area contributed by atoms with Gasteiger partial charge in [-0.1, -0.05) is 6.92 Å². The van der Waals surface area contributed by atoms with Crippen molar-refractivity contribution in [3.8, 4) is 0 Å². The lowest BCUT2D eigenvalue weighted by Crippen LogP contribution is -2.55. The van der Waals surface area contributed by atoms with Crippen LogP contribution in [-0.4, -0.2) is 56.5 Å². The minimum absolute atomic E-state index is 0.0819. The molecule has 1 aliphatic rings. The monoisotopic (exact) mass is 366 g/mol. The maximum absolute atomic E-state index is 10.4. The van der Waals surface area contributed by atoms with E-state index in [1.165, 1.54) is 5.56 Å². The van der Waals surface area contributed by atoms with Crippen molar-refractivity contribution in [2.45, 2.75) is 45.9 Å². The van der Waals surface area contributed by atoms with E-state index in [1.54, 1.807) is 0 Å². The van der Waals surface area contributed by atoms with E-state index in [0.29, 0.717) is 45.5 Å². The Labute approximate surface area is 157 Å². The number of hydrogen-bond donors (Lipinski definition) is 2. The van der Waals surface area contributed by atoms with Crippen LogP contribution in [-0.2, 0) is 20.6 Å². The molecule has 1 heterocycles. The summed E-state index contributed by atoms with van der Waals surface area (Å²) < 4.78 is 16.2. The molecule has 2 atom stereocenters. The predicted octanol–water partition coefficient (Wildman–Crippen LogP) is 2.43.